The minimum atomic E-state index is -0.226. The van der Waals surface area contributed by atoms with Gasteiger partial charge in [0.2, 0.25) is 5.13 Å². The summed E-state index contributed by atoms with van der Waals surface area (Å²) >= 11 is 1.28. The van der Waals surface area contributed by atoms with E-state index in [0.29, 0.717) is 29.0 Å². The van der Waals surface area contributed by atoms with Crippen molar-refractivity contribution in [3.8, 4) is 0 Å². The normalized spacial score (nSPS) is 16.2. The third kappa shape index (κ3) is 2.67. The molecule has 122 valence electrons. The fourth-order valence-electron chi connectivity index (χ4n) is 3.08. The summed E-state index contributed by atoms with van der Waals surface area (Å²) in [5.41, 5.74) is 4.64. The lowest BCUT2D eigenvalue weighted by Crippen LogP contribution is -2.29. The van der Waals surface area contributed by atoms with Crippen LogP contribution in [0.5, 0.6) is 0 Å². The number of carbonyl (C=O) groups is 1. The molecule has 2 aromatic heterocycles. The first kappa shape index (κ1) is 14.9. The molecule has 1 amide bonds. The maximum absolute atomic E-state index is 12.4. The lowest BCUT2D eigenvalue weighted by atomic mass is 10.1. The van der Waals surface area contributed by atoms with E-state index < -0.39 is 0 Å². The first-order valence-corrected chi connectivity index (χ1v) is 8.59. The molecule has 4 rings (SSSR count). The van der Waals surface area contributed by atoms with Gasteiger partial charge in [0.15, 0.2) is 0 Å². The van der Waals surface area contributed by atoms with E-state index >= 15 is 0 Å². The Labute approximate surface area is 143 Å². The third-order valence-electron chi connectivity index (χ3n) is 4.23. The minimum Gasteiger partial charge on any atom is -0.467 e. The highest BCUT2D eigenvalue weighted by molar-refractivity contribution is 7.13. The van der Waals surface area contributed by atoms with Crippen LogP contribution in [0.2, 0.25) is 0 Å². The highest BCUT2D eigenvalue weighted by Crippen LogP contribution is 2.33. The molecule has 0 fully saturated rings. The van der Waals surface area contributed by atoms with Crippen molar-refractivity contribution >= 4 is 28.1 Å². The topological polar surface area (TPSA) is 71.3 Å². The monoisotopic (exact) mass is 340 g/mol. The highest BCUT2D eigenvalue weighted by Gasteiger charge is 2.28. The number of hydrogen-bond donors (Lipinski definition) is 1. The predicted octanol–water partition coefficient (Wildman–Crippen LogP) is 3.33. The van der Waals surface area contributed by atoms with Gasteiger partial charge < -0.3 is 9.32 Å². The summed E-state index contributed by atoms with van der Waals surface area (Å²) in [5, 5.41) is 10.8. The van der Waals surface area contributed by atoms with E-state index in [4.69, 9.17) is 4.42 Å². The number of nitrogens with zero attached hydrogens (tertiary/aromatic N) is 3. The molecule has 3 aromatic rings. The Morgan fingerprint density at radius 2 is 2.29 bits per heavy atom. The summed E-state index contributed by atoms with van der Waals surface area (Å²) < 4.78 is 5.60. The van der Waals surface area contributed by atoms with E-state index in [2.05, 4.69) is 45.5 Å². The molecule has 0 spiro atoms. The molecular formula is C17H16N4O2S. The van der Waals surface area contributed by atoms with Crippen molar-refractivity contribution < 1.29 is 9.21 Å². The van der Waals surface area contributed by atoms with Crippen LogP contribution in [0.15, 0.2) is 46.5 Å². The Morgan fingerprint density at radius 1 is 1.42 bits per heavy atom. The summed E-state index contributed by atoms with van der Waals surface area (Å²) in [4.78, 5) is 14.7. The molecule has 1 aliphatic heterocycles. The van der Waals surface area contributed by atoms with Gasteiger partial charge in [-0.25, -0.2) is 0 Å². The van der Waals surface area contributed by atoms with Crippen LogP contribution < -0.4 is 10.2 Å². The highest BCUT2D eigenvalue weighted by atomic mass is 32.1. The van der Waals surface area contributed by atoms with E-state index in [1.165, 1.54) is 22.6 Å². The number of furan rings is 1. The molecule has 0 saturated heterocycles. The summed E-state index contributed by atoms with van der Waals surface area (Å²) in [7, 11) is 0. The number of anilines is 2. The standard InChI is InChI=1S/C17H16N4O2S/c1-11-8-12-4-2-3-5-14(12)21(11)9-15-13(6-7-23-15)16(22)19-17-20-18-10-24-17/h2-7,10-11H,8-9H2,1H3,(H,19,20,22). The van der Waals surface area contributed by atoms with Crippen molar-refractivity contribution in [3.05, 3.63) is 59.0 Å². The van der Waals surface area contributed by atoms with Crippen molar-refractivity contribution in [2.75, 3.05) is 10.2 Å². The molecule has 0 aliphatic carbocycles. The number of fused-ring (bicyclic) bond motifs is 1. The van der Waals surface area contributed by atoms with Crippen molar-refractivity contribution in [2.45, 2.75) is 25.9 Å². The van der Waals surface area contributed by atoms with Crippen molar-refractivity contribution in [2.24, 2.45) is 0 Å². The Kier molecular flexibility index (Phi) is 3.78. The van der Waals surface area contributed by atoms with E-state index in [-0.39, 0.29) is 5.91 Å². The van der Waals surface area contributed by atoms with Crippen LogP contribution >= 0.6 is 11.3 Å². The van der Waals surface area contributed by atoms with Gasteiger partial charge in [0.25, 0.3) is 5.91 Å². The number of hydrogen-bond acceptors (Lipinski definition) is 6. The summed E-state index contributed by atoms with van der Waals surface area (Å²) in [6.45, 7) is 2.74. The Hall–Kier alpha value is -2.67. The second kappa shape index (κ2) is 6.09. The summed E-state index contributed by atoms with van der Waals surface area (Å²) in [5.74, 6) is 0.427. The second-order valence-electron chi connectivity index (χ2n) is 5.77. The molecule has 0 saturated carbocycles. The maximum atomic E-state index is 12.4. The van der Waals surface area contributed by atoms with Crippen LogP contribution in [0.25, 0.3) is 0 Å². The zero-order valence-corrected chi connectivity index (χ0v) is 13.9. The second-order valence-corrected chi connectivity index (χ2v) is 6.60. The van der Waals surface area contributed by atoms with Gasteiger partial charge in [-0.3, -0.25) is 10.1 Å². The van der Waals surface area contributed by atoms with Crippen molar-refractivity contribution in [1.29, 1.82) is 0 Å². The largest absolute Gasteiger partial charge is 0.467 e. The Bertz CT molecular complexity index is 859. The molecule has 24 heavy (non-hydrogen) atoms. The van der Waals surface area contributed by atoms with Gasteiger partial charge in [0.05, 0.1) is 18.4 Å². The van der Waals surface area contributed by atoms with Crippen LogP contribution in [0.1, 0.15) is 28.6 Å². The van der Waals surface area contributed by atoms with Crippen LogP contribution in [0.3, 0.4) is 0 Å². The molecule has 7 heteroatoms. The van der Waals surface area contributed by atoms with Crippen LogP contribution in [0, 0.1) is 0 Å². The van der Waals surface area contributed by atoms with Gasteiger partial charge >= 0.3 is 0 Å². The summed E-state index contributed by atoms with van der Waals surface area (Å²) in [6.07, 6.45) is 2.56. The molecular weight excluding hydrogens is 324 g/mol. The van der Waals surface area contributed by atoms with Gasteiger partial charge in [-0.2, -0.15) is 0 Å². The average molecular weight is 340 g/mol. The molecule has 1 aromatic carbocycles. The zero-order valence-electron chi connectivity index (χ0n) is 13.1. The van der Waals surface area contributed by atoms with Crippen LogP contribution in [-0.2, 0) is 13.0 Å². The van der Waals surface area contributed by atoms with E-state index in [1.54, 1.807) is 17.8 Å². The van der Waals surface area contributed by atoms with Gasteiger partial charge in [0.1, 0.15) is 11.3 Å². The summed E-state index contributed by atoms with van der Waals surface area (Å²) in [6, 6.07) is 10.4. The van der Waals surface area contributed by atoms with E-state index in [0.717, 1.165) is 6.42 Å². The molecule has 0 radical (unpaired) electrons. The van der Waals surface area contributed by atoms with E-state index in [9.17, 15) is 4.79 Å². The SMILES string of the molecule is CC1Cc2ccccc2N1Cc1occc1C(=O)Nc1nncs1. The molecule has 1 N–H and O–H groups in total. The maximum Gasteiger partial charge on any atom is 0.261 e. The first-order chi connectivity index (χ1) is 11.7. The number of carbonyl (C=O) groups excluding carboxylic acids is 1. The van der Waals surface area contributed by atoms with E-state index in [1.807, 2.05) is 6.07 Å². The third-order valence-corrected chi connectivity index (χ3v) is 4.84. The van der Waals surface area contributed by atoms with Gasteiger partial charge in [-0.05, 0) is 31.0 Å². The van der Waals surface area contributed by atoms with Crippen LogP contribution in [0.4, 0.5) is 10.8 Å². The van der Waals surface area contributed by atoms with Crippen molar-refractivity contribution in [1.82, 2.24) is 10.2 Å². The number of nitrogens with one attached hydrogen (secondary N) is 1. The number of amides is 1. The molecule has 6 nitrogen and oxygen atoms in total. The molecule has 1 aliphatic rings. The molecule has 1 atom stereocenters. The fraction of sp³-hybridized carbons (Fsp3) is 0.235. The lowest BCUT2D eigenvalue weighted by molar-refractivity contribution is 0.102. The van der Waals surface area contributed by atoms with Gasteiger partial charge in [-0.15, -0.1) is 10.2 Å². The fourth-order valence-corrected chi connectivity index (χ4v) is 3.52. The molecule has 1 unspecified atom stereocenters. The zero-order chi connectivity index (χ0) is 16.5. The Morgan fingerprint density at radius 3 is 3.12 bits per heavy atom. The average Bonchev–Trinajstić information content (AvgIpc) is 3.29. The number of para-hydroxylation sites is 1. The molecule has 3 heterocycles. The lowest BCUT2D eigenvalue weighted by Gasteiger charge is -2.24. The predicted molar refractivity (Wildman–Crippen MR) is 92.4 cm³/mol. The number of benzene rings is 1. The smallest absolute Gasteiger partial charge is 0.261 e. The molecule has 0 bridgehead atoms. The van der Waals surface area contributed by atoms with Gasteiger partial charge in [0, 0.05) is 11.7 Å². The van der Waals surface area contributed by atoms with Gasteiger partial charge in [-0.1, -0.05) is 29.5 Å². The number of aromatic nitrogens is 2. The van der Waals surface area contributed by atoms with Crippen LogP contribution in [-0.4, -0.2) is 22.1 Å². The Balaban J connectivity index is 1.56. The number of rotatable bonds is 4. The first-order valence-electron chi connectivity index (χ1n) is 7.71. The van der Waals surface area contributed by atoms with Crippen molar-refractivity contribution in [3.63, 3.8) is 0 Å². The minimum absolute atomic E-state index is 0.226. The quantitative estimate of drug-likeness (QED) is 0.789.